The van der Waals surface area contributed by atoms with Gasteiger partial charge in [0, 0.05) is 5.69 Å². The molecule has 2 aromatic carbocycles. The molecule has 0 saturated carbocycles. The maximum Gasteiger partial charge on any atom is 0.337 e. The van der Waals surface area contributed by atoms with Crippen LogP contribution in [0.25, 0.3) is 10.9 Å². The second-order valence-corrected chi connectivity index (χ2v) is 6.60. The molecule has 1 aromatic heterocycles. The van der Waals surface area contributed by atoms with Crippen molar-refractivity contribution in [2.75, 3.05) is 12.4 Å². The molecular weight excluding hydrogens is 360 g/mol. The molecule has 0 aliphatic heterocycles. The lowest BCUT2D eigenvalue weighted by atomic mass is 10.0. The van der Waals surface area contributed by atoms with Crippen LogP contribution in [0.15, 0.2) is 53.3 Å². The van der Waals surface area contributed by atoms with E-state index >= 15 is 0 Å². The molecule has 0 spiro atoms. The summed E-state index contributed by atoms with van der Waals surface area (Å²) in [5.74, 6) is -1.06. The van der Waals surface area contributed by atoms with E-state index in [2.05, 4.69) is 20.4 Å². The normalized spacial score (nSPS) is 12.0. The maximum absolute atomic E-state index is 12.9. The number of nitrogens with one attached hydrogen (secondary N) is 1. The predicted molar refractivity (Wildman–Crippen MR) is 104 cm³/mol. The zero-order chi connectivity index (χ0) is 20.3. The molecule has 0 fully saturated rings. The van der Waals surface area contributed by atoms with Crippen molar-refractivity contribution in [2.45, 2.75) is 19.9 Å². The van der Waals surface area contributed by atoms with Gasteiger partial charge in [-0.15, -0.1) is 5.10 Å². The van der Waals surface area contributed by atoms with Crippen molar-refractivity contribution < 1.29 is 14.3 Å². The van der Waals surface area contributed by atoms with E-state index in [9.17, 15) is 14.4 Å². The lowest BCUT2D eigenvalue weighted by Gasteiger charge is -2.21. The van der Waals surface area contributed by atoms with E-state index in [4.69, 9.17) is 0 Å². The fourth-order valence-corrected chi connectivity index (χ4v) is 2.90. The molecule has 1 unspecified atom stereocenters. The number of esters is 1. The van der Waals surface area contributed by atoms with Gasteiger partial charge >= 0.3 is 5.97 Å². The van der Waals surface area contributed by atoms with Gasteiger partial charge in [-0.1, -0.05) is 31.2 Å². The molecule has 1 atom stereocenters. The topological polar surface area (TPSA) is 103 Å². The van der Waals surface area contributed by atoms with Gasteiger partial charge in [0.2, 0.25) is 5.91 Å². The average Bonchev–Trinajstić information content (AvgIpc) is 2.70. The number of rotatable bonds is 5. The highest BCUT2D eigenvalue weighted by Gasteiger charge is 2.27. The minimum Gasteiger partial charge on any atom is -0.465 e. The summed E-state index contributed by atoms with van der Waals surface area (Å²) in [6, 6.07) is 12.3. The second kappa shape index (κ2) is 7.99. The number of carbonyl (C=O) groups excluding carboxylic acids is 2. The number of aromatic nitrogens is 3. The molecule has 0 radical (unpaired) electrons. The highest BCUT2D eigenvalue weighted by molar-refractivity contribution is 5.95. The number of benzene rings is 2. The van der Waals surface area contributed by atoms with Gasteiger partial charge in [0.25, 0.3) is 5.56 Å². The Morgan fingerprint density at radius 1 is 1.07 bits per heavy atom. The second-order valence-electron chi connectivity index (χ2n) is 6.60. The Labute approximate surface area is 161 Å². The summed E-state index contributed by atoms with van der Waals surface area (Å²) >= 11 is 0. The van der Waals surface area contributed by atoms with Crippen molar-refractivity contribution in [1.82, 2.24) is 15.0 Å². The molecule has 1 heterocycles. The van der Waals surface area contributed by atoms with Crippen LogP contribution in [0.1, 0.15) is 30.2 Å². The molecule has 0 aliphatic carbocycles. The summed E-state index contributed by atoms with van der Waals surface area (Å²) in [6.45, 7) is 3.65. The molecule has 3 rings (SSSR count). The molecule has 0 aliphatic rings. The molecule has 0 bridgehead atoms. The van der Waals surface area contributed by atoms with Gasteiger partial charge in [0.1, 0.15) is 11.6 Å². The van der Waals surface area contributed by atoms with E-state index in [1.807, 2.05) is 13.8 Å². The number of fused-ring (bicyclic) bond motifs is 1. The smallest absolute Gasteiger partial charge is 0.337 e. The van der Waals surface area contributed by atoms with Crippen molar-refractivity contribution in [2.24, 2.45) is 5.92 Å². The molecule has 8 heteroatoms. The summed E-state index contributed by atoms with van der Waals surface area (Å²) in [5.41, 5.74) is 0.966. The van der Waals surface area contributed by atoms with Crippen LogP contribution in [-0.4, -0.2) is 34.0 Å². The van der Waals surface area contributed by atoms with Crippen LogP contribution >= 0.6 is 0 Å². The zero-order valence-electron chi connectivity index (χ0n) is 15.7. The van der Waals surface area contributed by atoms with Crippen molar-refractivity contribution >= 4 is 28.5 Å². The Kier molecular flexibility index (Phi) is 5.49. The number of hydrogen-bond donors (Lipinski definition) is 1. The molecule has 0 saturated heterocycles. The number of methoxy groups -OCH3 is 1. The summed E-state index contributed by atoms with van der Waals surface area (Å²) in [7, 11) is 1.30. The minimum atomic E-state index is -0.843. The van der Waals surface area contributed by atoms with Crippen molar-refractivity contribution in [3.05, 3.63) is 64.4 Å². The maximum atomic E-state index is 12.9. The molecule has 144 valence electrons. The molecular formula is C20H20N4O4. The number of hydrogen-bond acceptors (Lipinski definition) is 6. The molecule has 1 amide bonds. The Bertz CT molecular complexity index is 1070. The van der Waals surface area contributed by atoms with Crippen LogP contribution in [0.3, 0.4) is 0 Å². The molecule has 28 heavy (non-hydrogen) atoms. The van der Waals surface area contributed by atoms with Gasteiger partial charge in [-0.05, 0) is 42.3 Å². The number of nitrogens with zero attached hydrogens (tertiary/aromatic N) is 3. The fourth-order valence-electron chi connectivity index (χ4n) is 2.90. The van der Waals surface area contributed by atoms with Gasteiger partial charge in [0.15, 0.2) is 0 Å². The largest absolute Gasteiger partial charge is 0.465 e. The number of carbonyl (C=O) groups is 2. The van der Waals surface area contributed by atoms with E-state index in [0.717, 1.165) is 4.68 Å². The fraction of sp³-hybridized carbons (Fsp3) is 0.250. The SMILES string of the molecule is COC(=O)c1ccc(NC(=O)C(C(C)C)n2nnc3ccccc3c2=O)cc1. The first-order valence-electron chi connectivity index (χ1n) is 8.76. The van der Waals surface area contributed by atoms with E-state index in [1.165, 1.54) is 7.11 Å². The number of ether oxygens (including phenoxy) is 1. The third-order valence-electron chi connectivity index (χ3n) is 4.33. The van der Waals surface area contributed by atoms with Crippen LogP contribution in [0.5, 0.6) is 0 Å². The first kappa shape index (κ1) is 19.2. The van der Waals surface area contributed by atoms with Crippen LogP contribution in [0.2, 0.25) is 0 Å². The Hall–Kier alpha value is -3.55. The van der Waals surface area contributed by atoms with Gasteiger partial charge in [0.05, 0.1) is 18.1 Å². The standard InChI is InChI=1S/C20H20N4O4/c1-12(2)17(24-19(26)15-6-4-5-7-16(15)22-23-24)18(25)21-14-10-8-13(9-11-14)20(27)28-3/h4-12,17H,1-3H3,(H,21,25). The molecule has 8 nitrogen and oxygen atoms in total. The third kappa shape index (κ3) is 3.75. The van der Waals surface area contributed by atoms with Crippen LogP contribution in [0.4, 0.5) is 5.69 Å². The van der Waals surface area contributed by atoms with Crippen LogP contribution < -0.4 is 10.9 Å². The third-order valence-corrected chi connectivity index (χ3v) is 4.33. The average molecular weight is 380 g/mol. The minimum absolute atomic E-state index is 0.206. The van der Waals surface area contributed by atoms with Crippen molar-refractivity contribution in [3.63, 3.8) is 0 Å². The van der Waals surface area contributed by atoms with E-state index in [-0.39, 0.29) is 11.5 Å². The number of anilines is 1. The Morgan fingerprint density at radius 2 is 1.75 bits per heavy atom. The summed E-state index contributed by atoms with van der Waals surface area (Å²) < 4.78 is 5.77. The van der Waals surface area contributed by atoms with Crippen LogP contribution in [0, 0.1) is 5.92 Å². The number of amides is 1. The quantitative estimate of drug-likeness (QED) is 0.682. The van der Waals surface area contributed by atoms with Gasteiger partial charge in [-0.3, -0.25) is 9.59 Å². The van der Waals surface area contributed by atoms with Crippen molar-refractivity contribution in [1.29, 1.82) is 0 Å². The van der Waals surface area contributed by atoms with Crippen molar-refractivity contribution in [3.8, 4) is 0 Å². The molecule has 3 aromatic rings. The van der Waals surface area contributed by atoms with Gasteiger partial charge in [-0.25, -0.2) is 4.79 Å². The first-order chi connectivity index (χ1) is 13.4. The monoisotopic (exact) mass is 380 g/mol. The lowest BCUT2D eigenvalue weighted by molar-refractivity contribution is -0.120. The Balaban J connectivity index is 1.90. The van der Waals surface area contributed by atoms with E-state index in [1.54, 1.807) is 48.5 Å². The zero-order valence-corrected chi connectivity index (χ0v) is 15.7. The summed E-state index contributed by atoms with van der Waals surface area (Å²) in [4.78, 5) is 37.2. The highest BCUT2D eigenvalue weighted by Crippen LogP contribution is 2.19. The highest BCUT2D eigenvalue weighted by atomic mass is 16.5. The molecule has 1 N–H and O–H groups in total. The van der Waals surface area contributed by atoms with Crippen LogP contribution in [-0.2, 0) is 9.53 Å². The summed E-state index contributed by atoms with van der Waals surface area (Å²) in [5, 5.41) is 11.2. The Morgan fingerprint density at radius 3 is 2.39 bits per heavy atom. The first-order valence-corrected chi connectivity index (χ1v) is 8.76. The summed E-state index contributed by atoms with van der Waals surface area (Å²) in [6.07, 6.45) is 0. The lowest BCUT2D eigenvalue weighted by Crippen LogP contribution is -2.38. The predicted octanol–water partition coefficient (Wildman–Crippen LogP) is 2.41. The van der Waals surface area contributed by atoms with E-state index < -0.39 is 17.9 Å². The van der Waals surface area contributed by atoms with E-state index in [0.29, 0.717) is 22.2 Å². The van der Waals surface area contributed by atoms with Gasteiger partial charge in [-0.2, -0.15) is 4.68 Å². The van der Waals surface area contributed by atoms with Gasteiger partial charge < -0.3 is 10.1 Å².